The van der Waals surface area contributed by atoms with Crippen LogP contribution in [0.5, 0.6) is 0 Å². The van der Waals surface area contributed by atoms with E-state index in [-0.39, 0.29) is 10.7 Å². The minimum atomic E-state index is 0.224. The van der Waals surface area contributed by atoms with Crippen molar-refractivity contribution in [1.29, 1.82) is 0 Å². The van der Waals surface area contributed by atoms with Gasteiger partial charge in [-0.05, 0) is 12.5 Å². The van der Waals surface area contributed by atoms with Gasteiger partial charge in [0.05, 0.1) is 0 Å². The number of nitrogens with zero attached hydrogens (tertiary/aromatic N) is 6. The Hall–Kier alpha value is -1.83. The topological polar surface area (TPSA) is 85.8 Å². The molecule has 1 aliphatic heterocycles. The van der Waals surface area contributed by atoms with Gasteiger partial charge < -0.3 is 10.6 Å². The number of nitrogens with two attached hydrogens (primary N) is 1. The predicted octanol–water partition coefficient (Wildman–Crippen LogP) is 1.36. The van der Waals surface area contributed by atoms with E-state index in [1.165, 1.54) is 0 Å². The standard InChI is InChI=1S/C13H19N7S/c1-13(2)4-7-19(8-9-21-13)11-16-10(14)17-12(18-11)20-6-3-5-15-20/h3,5-6H,4,7-9H2,1-2H3,(H2,14,16,17,18). The summed E-state index contributed by atoms with van der Waals surface area (Å²) in [4.78, 5) is 15.1. The summed E-state index contributed by atoms with van der Waals surface area (Å²) in [5, 5.41) is 4.14. The van der Waals surface area contributed by atoms with Gasteiger partial charge in [-0.1, -0.05) is 13.8 Å². The lowest BCUT2D eigenvalue weighted by atomic mass is 10.1. The lowest BCUT2D eigenvalue weighted by Crippen LogP contribution is -2.29. The molecule has 3 rings (SSSR count). The van der Waals surface area contributed by atoms with Crippen LogP contribution in [-0.2, 0) is 0 Å². The van der Waals surface area contributed by atoms with E-state index < -0.39 is 0 Å². The third-order valence-electron chi connectivity index (χ3n) is 3.46. The maximum atomic E-state index is 5.83. The van der Waals surface area contributed by atoms with Gasteiger partial charge in [0.1, 0.15) is 0 Å². The molecule has 1 saturated heterocycles. The highest BCUT2D eigenvalue weighted by Gasteiger charge is 2.25. The van der Waals surface area contributed by atoms with Gasteiger partial charge in [0.15, 0.2) is 0 Å². The maximum Gasteiger partial charge on any atom is 0.257 e. The molecule has 0 aromatic carbocycles. The van der Waals surface area contributed by atoms with Crippen molar-refractivity contribution in [2.45, 2.75) is 25.0 Å². The first-order valence-corrected chi connectivity index (χ1v) is 7.93. The largest absolute Gasteiger partial charge is 0.368 e. The van der Waals surface area contributed by atoms with E-state index in [0.717, 1.165) is 25.3 Å². The van der Waals surface area contributed by atoms with Crippen LogP contribution in [0.4, 0.5) is 11.9 Å². The van der Waals surface area contributed by atoms with Crippen molar-refractivity contribution >= 4 is 23.7 Å². The molecule has 0 spiro atoms. The fraction of sp³-hybridized carbons (Fsp3) is 0.538. The van der Waals surface area contributed by atoms with Gasteiger partial charge in [0.2, 0.25) is 11.9 Å². The molecule has 0 radical (unpaired) electrons. The zero-order valence-electron chi connectivity index (χ0n) is 12.2. The average molecular weight is 305 g/mol. The molecule has 2 N–H and O–H groups in total. The molecule has 21 heavy (non-hydrogen) atoms. The molecule has 1 aliphatic rings. The number of rotatable bonds is 2. The molecule has 0 atom stereocenters. The summed E-state index contributed by atoms with van der Waals surface area (Å²) in [5.41, 5.74) is 5.83. The van der Waals surface area contributed by atoms with E-state index in [9.17, 15) is 0 Å². The summed E-state index contributed by atoms with van der Waals surface area (Å²) in [6.45, 7) is 6.38. The summed E-state index contributed by atoms with van der Waals surface area (Å²) in [7, 11) is 0. The van der Waals surface area contributed by atoms with Crippen LogP contribution < -0.4 is 10.6 Å². The molecule has 1 fully saturated rings. The fourth-order valence-electron chi connectivity index (χ4n) is 2.22. The Labute approximate surface area is 128 Å². The summed E-state index contributed by atoms with van der Waals surface area (Å²) in [6.07, 6.45) is 4.56. The molecule has 0 saturated carbocycles. The van der Waals surface area contributed by atoms with Gasteiger partial charge in [-0.2, -0.15) is 31.8 Å². The van der Waals surface area contributed by atoms with Gasteiger partial charge in [0.25, 0.3) is 5.95 Å². The highest BCUT2D eigenvalue weighted by molar-refractivity contribution is 8.00. The van der Waals surface area contributed by atoms with Crippen LogP contribution >= 0.6 is 11.8 Å². The minimum Gasteiger partial charge on any atom is -0.368 e. The average Bonchev–Trinajstić information content (AvgIpc) is 2.89. The zero-order chi connectivity index (χ0) is 14.9. The lowest BCUT2D eigenvalue weighted by Gasteiger charge is -2.22. The smallest absolute Gasteiger partial charge is 0.257 e. The number of hydrogen-bond acceptors (Lipinski definition) is 7. The first-order valence-electron chi connectivity index (χ1n) is 6.94. The number of anilines is 2. The van der Waals surface area contributed by atoms with Gasteiger partial charge >= 0.3 is 0 Å². The molecule has 8 heteroatoms. The highest BCUT2D eigenvalue weighted by Crippen LogP contribution is 2.31. The van der Waals surface area contributed by atoms with E-state index in [0.29, 0.717) is 11.9 Å². The van der Waals surface area contributed by atoms with Crippen LogP contribution in [0.25, 0.3) is 5.95 Å². The summed E-state index contributed by atoms with van der Waals surface area (Å²) >= 11 is 1.98. The Morgan fingerprint density at radius 3 is 2.76 bits per heavy atom. The molecule has 0 aliphatic carbocycles. The Bertz CT molecular complexity index is 611. The van der Waals surface area contributed by atoms with E-state index in [4.69, 9.17) is 5.73 Å². The SMILES string of the molecule is CC1(C)CCN(c2nc(N)nc(-n3cccn3)n2)CCS1. The molecule has 112 valence electrons. The normalized spacial score (nSPS) is 18.5. The third kappa shape index (κ3) is 3.26. The van der Waals surface area contributed by atoms with Gasteiger partial charge in [-0.25, -0.2) is 4.68 Å². The van der Waals surface area contributed by atoms with Crippen molar-refractivity contribution in [2.75, 3.05) is 29.5 Å². The first-order chi connectivity index (χ1) is 10.0. The zero-order valence-corrected chi connectivity index (χ0v) is 13.0. The van der Waals surface area contributed by atoms with Crippen molar-refractivity contribution in [2.24, 2.45) is 0 Å². The van der Waals surface area contributed by atoms with E-state index in [1.807, 2.05) is 17.8 Å². The van der Waals surface area contributed by atoms with Gasteiger partial charge in [-0.3, -0.25) is 0 Å². The number of aromatic nitrogens is 5. The monoisotopic (exact) mass is 305 g/mol. The Morgan fingerprint density at radius 1 is 1.19 bits per heavy atom. The fourth-order valence-corrected chi connectivity index (χ4v) is 3.32. The number of thioether (sulfide) groups is 1. The molecule has 2 aromatic heterocycles. The van der Waals surface area contributed by atoms with Crippen molar-refractivity contribution < 1.29 is 0 Å². The van der Waals surface area contributed by atoms with Crippen LogP contribution in [0, 0.1) is 0 Å². The third-order valence-corrected chi connectivity index (χ3v) is 4.83. The van der Waals surface area contributed by atoms with Crippen molar-refractivity contribution in [3.05, 3.63) is 18.5 Å². The highest BCUT2D eigenvalue weighted by atomic mass is 32.2. The van der Waals surface area contributed by atoms with Crippen LogP contribution in [0.3, 0.4) is 0 Å². The van der Waals surface area contributed by atoms with Crippen LogP contribution in [0.15, 0.2) is 18.5 Å². The van der Waals surface area contributed by atoms with Gasteiger partial charge in [-0.15, -0.1) is 0 Å². The quantitative estimate of drug-likeness (QED) is 0.896. The molecule has 0 bridgehead atoms. The van der Waals surface area contributed by atoms with Gasteiger partial charge in [0, 0.05) is 36.0 Å². The summed E-state index contributed by atoms with van der Waals surface area (Å²) < 4.78 is 1.89. The second kappa shape index (κ2) is 5.51. The van der Waals surface area contributed by atoms with Crippen molar-refractivity contribution in [1.82, 2.24) is 24.7 Å². The summed E-state index contributed by atoms with van der Waals surface area (Å²) in [6, 6.07) is 1.82. The second-order valence-electron chi connectivity index (χ2n) is 5.59. The van der Waals surface area contributed by atoms with Crippen LogP contribution in [-0.4, -0.2) is 48.3 Å². The van der Waals surface area contributed by atoms with Crippen LogP contribution in [0.1, 0.15) is 20.3 Å². The second-order valence-corrected chi connectivity index (χ2v) is 7.39. The van der Waals surface area contributed by atoms with E-state index in [1.54, 1.807) is 17.1 Å². The molecule has 0 amide bonds. The van der Waals surface area contributed by atoms with Crippen molar-refractivity contribution in [3.63, 3.8) is 0 Å². The summed E-state index contributed by atoms with van der Waals surface area (Å²) in [5.74, 6) is 2.36. The Morgan fingerprint density at radius 2 is 2.00 bits per heavy atom. The molecule has 0 unspecified atom stereocenters. The number of nitrogen functional groups attached to an aromatic ring is 1. The number of hydrogen-bond donors (Lipinski definition) is 1. The minimum absolute atomic E-state index is 0.224. The molecular weight excluding hydrogens is 286 g/mol. The molecule has 7 nitrogen and oxygen atoms in total. The van der Waals surface area contributed by atoms with Crippen LogP contribution in [0.2, 0.25) is 0 Å². The van der Waals surface area contributed by atoms with E-state index >= 15 is 0 Å². The van der Waals surface area contributed by atoms with E-state index in [2.05, 4.69) is 38.8 Å². The van der Waals surface area contributed by atoms with Crippen molar-refractivity contribution in [3.8, 4) is 5.95 Å². The first kappa shape index (κ1) is 14.1. The molecule has 2 aromatic rings. The Balaban J connectivity index is 1.88. The molecule has 3 heterocycles. The lowest BCUT2D eigenvalue weighted by molar-refractivity contribution is 0.629. The molecular formula is C13H19N7S. The predicted molar refractivity (Wildman–Crippen MR) is 84.7 cm³/mol. The Kier molecular flexibility index (Phi) is 3.71. The maximum absolute atomic E-state index is 5.83.